The van der Waals surface area contributed by atoms with Crippen molar-refractivity contribution in [2.75, 3.05) is 38.2 Å². The molecule has 7 nitrogen and oxygen atoms in total. The van der Waals surface area contributed by atoms with E-state index in [2.05, 4.69) is 5.32 Å². The van der Waals surface area contributed by atoms with Crippen LogP contribution < -0.4 is 10.1 Å². The fourth-order valence-corrected chi connectivity index (χ4v) is 3.30. The smallest absolute Gasteiger partial charge is 0.321 e. The number of nitrogens with one attached hydrogen (secondary N) is 1. The fourth-order valence-electron chi connectivity index (χ4n) is 3.30. The molecular weight excluding hydrogens is 336 g/mol. The van der Waals surface area contributed by atoms with Crippen molar-refractivity contribution in [3.05, 3.63) is 23.8 Å². The second-order valence-electron chi connectivity index (χ2n) is 7.05. The maximum atomic E-state index is 12.4. The Morgan fingerprint density at radius 3 is 2.77 bits per heavy atom. The lowest BCUT2D eigenvalue weighted by atomic mass is 10.0. The number of likely N-dealkylation sites (tertiary alicyclic amines) is 1. The summed E-state index contributed by atoms with van der Waals surface area (Å²) in [4.78, 5) is 24.9. The van der Waals surface area contributed by atoms with Gasteiger partial charge in [-0.1, -0.05) is 6.07 Å². The Morgan fingerprint density at radius 2 is 2.08 bits per heavy atom. The zero-order valence-corrected chi connectivity index (χ0v) is 15.1. The first kappa shape index (κ1) is 18.5. The Bertz CT molecular complexity index is 657. The molecule has 3 rings (SSSR count). The first-order valence-corrected chi connectivity index (χ1v) is 9.13. The van der Waals surface area contributed by atoms with E-state index in [-0.39, 0.29) is 12.6 Å². The topological polar surface area (TPSA) is 88.1 Å². The molecule has 26 heavy (non-hydrogen) atoms. The van der Waals surface area contributed by atoms with E-state index in [1.54, 1.807) is 4.90 Å². The molecule has 0 bridgehead atoms. The number of aryl methyl sites for hydroxylation is 1. The van der Waals surface area contributed by atoms with Crippen LogP contribution in [0.15, 0.2) is 18.2 Å². The molecule has 1 aromatic carbocycles. The first-order chi connectivity index (χ1) is 12.5. The van der Waals surface area contributed by atoms with Crippen molar-refractivity contribution in [3.8, 4) is 5.75 Å². The van der Waals surface area contributed by atoms with Crippen LogP contribution in [0.25, 0.3) is 0 Å². The largest absolute Gasteiger partial charge is 0.493 e. The maximum Gasteiger partial charge on any atom is 0.321 e. The average Bonchev–Trinajstić information content (AvgIpc) is 3.14. The third kappa shape index (κ3) is 4.66. The van der Waals surface area contributed by atoms with Gasteiger partial charge in [-0.25, -0.2) is 4.79 Å². The number of carboxylic acid groups (broad SMARTS) is 1. The predicted octanol–water partition coefficient (Wildman–Crippen LogP) is 2.74. The van der Waals surface area contributed by atoms with Gasteiger partial charge < -0.3 is 24.8 Å². The highest BCUT2D eigenvalue weighted by Gasteiger charge is 2.30. The molecule has 0 spiro atoms. The summed E-state index contributed by atoms with van der Waals surface area (Å²) in [6, 6.07) is 5.31. The Hall–Kier alpha value is -2.28. The number of carbonyl (C=O) groups is 2. The highest BCUT2D eigenvalue weighted by Crippen LogP contribution is 2.25. The molecule has 0 aliphatic carbocycles. The number of hydrogen-bond donors (Lipinski definition) is 2. The Balaban J connectivity index is 1.56. The minimum atomic E-state index is -0.848. The summed E-state index contributed by atoms with van der Waals surface area (Å²) < 4.78 is 11.3. The molecule has 2 amide bonds. The van der Waals surface area contributed by atoms with Crippen LogP contribution in [-0.2, 0) is 9.53 Å². The van der Waals surface area contributed by atoms with Gasteiger partial charge in [0.25, 0.3) is 0 Å². The van der Waals surface area contributed by atoms with E-state index >= 15 is 0 Å². The normalized spacial score (nSPS) is 20.8. The molecule has 0 radical (unpaired) electrons. The molecule has 2 aliphatic rings. The molecule has 0 saturated carbocycles. The average molecular weight is 362 g/mol. The second kappa shape index (κ2) is 8.40. The van der Waals surface area contributed by atoms with Crippen LogP contribution >= 0.6 is 0 Å². The standard InChI is InChI=1S/C19H26N2O5/c1-13-2-3-16(10-17(13)26-12-14-5-8-25-9-6-14)20-19(24)21-7-4-15(11-21)18(22)23/h2-3,10,14-15H,4-9,11-12H2,1H3,(H,20,24)(H,22,23). The van der Waals surface area contributed by atoms with Crippen LogP contribution in [0.1, 0.15) is 24.8 Å². The number of ether oxygens (including phenoxy) is 2. The summed E-state index contributed by atoms with van der Waals surface area (Å²) in [5, 5.41) is 11.9. The molecule has 2 saturated heterocycles. The first-order valence-electron chi connectivity index (χ1n) is 9.13. The van der Waals surface area contributed by atoms with Crippen molar-refractivity contribution in [2.45, 2.75) is 26.2 Å². The molecule has 142 valence electrons. The van der Waals surface area contributed by atoms with Gasteiger partial charge >= 0.3 is 12.0 Å². The number of aliphatic carboxylic acids is 1. The highest BCUT2D eigenvalue weighted by atomic mass is 16.5. The van der Waals surface area contributed by atoms with E-state index in [0.717, 1.165) is 37.4 Å². The quantitative estimate of drug-likeness (QED) is 0.841. The summed E-state index contributed by atoms with van der Waals surface area (Å²) in [6.45, 7) is 4.91. The van der Waals surface area contributed by atoms with E-state index in [1.807, 2.05) is 25.1 Å². The minimum absolute atomic E-state index is 0.250. The number of carbonyl (C=O) groups excluding carboxylic acids is 1. The van der Waals surface area contributed by atoms with Gasteiger partial charge in [0.05, 0.1) is 12.5 Å². The molecule has 1 aromatic rings. The van der Waals surface area contributed by atoms with E-state index in [4.69, 9.17) is 14.6 Å². The summed E-state index contributed by atoms with van der Waals surface area (Å²) in [5.41, 5.74) is 1.67. The monoisotopic (exact) mass is 362 g/mol. The Kier molecular flexibility index (Phi) is 5.98. The van der Waals surface area contributed by atoms with Gasteiger partial charge in [-0.05, 0) is 43.7 Å². The van der Waals surface area contributed by atoms with Gasteiger partial charge in [-0.15, -0.1) is 0 Å². The number of urea groups is 1. The lowest BCUT2D eigenvalue weighted by Crippen LogP contribution is -2.33. The van der Waals surface area contributed by atoms with Crippen LogP contribution in [0.4, 0.5) is 10.5 Å². The van der Waals surface area contributed by atoms with Gasteiger partial charge in [-0.2, -0.15) is 0 Å². The third-order valence-electron chi connectivity index (χ3n) is 5.08. The lowest BCUT2D eigenvalue weighted by Gasteiger charge is -2.23. The number of hydrogen-bond acceptors (Lipinski definition) is 4. The van der Waals surface area contributed by atoms with Crippen LogP contribution in [0.3, 0.4) is 0 Å². The molecular formula is C19H26N2O5. The third-order valence-corrected chi connectivity index (χ3v) is 5.08. The zero-order chi connectivity index (χ0) is 18.5. The number of carboxylic acids is 1. The van der Waals surface area contributed by atoms with Crippen molar-refractivity contribution in [3.63, 3.8) is 0 Å². The summed E-state index contributed by atoms with van der Waals surface area (Å²) in [6.07, 6.45) is 2.51. The SMILES string of the molecule is Cc1ccc(NC(=O)N2CCC(C(=O)O)C2)cc1OCC1CCOCC1. The van der Waals surface area contributed by atoms with E-state index < -0.39 is 11.9 Å². The number of anilines is 1. The van der Waals surface area contributed by atoms with Gasteiger partial charge in [0.15, 0.2) is 0 Å². The van der Waals surface area contributed by atoms with E-state index in [1.165, 1.54) is 0 Å². The van der Waals surface area contributed by atoms with Crippen LogP contribution in [0.5, 0.6) is 5.75 Å². The second-order valence-corrected chi connectivity index (χ2v) is 7.05. The van der Waals surface area contributed by atoms with Gasteiger partial charge in [0.2, 0.25) is 0 Å². The molecule has 1 unspecified atom stereocenters. The minimum Gasteiger partial charge on any atom is -0.493 e. The fraction of sp³-hybridized carbons (Fsp3) is 0.579. The van der Waals surface area contributed by atoms with Gasteiger partial charge in [0, 0.05) is 38.1 Å². The Morgan fingerprint density at radius 1 is 1.31 bits per heavy atom. The summed E-state index contributed by atoms with van der Waals surface area (Å²) in [7, 11) is 0. The summed E-state index contributed by atoms with van der Waals surface area (Å²) in [5.74, 6) is -0.0605. The Labute approximate surface area is 153 Å². The highest BCUT2D eigenvalue weighted by molar-refractivity contribution is 5.90. The molecule has 7 heteroatoms. The van der Waals surface area contributed by atoms with Crippen LogP contribution in [0, 0.1) is 18.8 Å². The molecule has 2 aliphatic heterocycles. The molecule has 1 atom stereocenters. The molecule has 2 fully saturated rings. The molecule has 2 heterocycles. The maximum absolute atomic E-state index is 12.4. The van der Waals surface area contributed by atoms with Crippen molar-refractivity contribution < 1.29 is 24.2 Å². The van der Waals surface area contributed by atoms with E-state index in [0.29, 0.717) is 31.2 Å². The van der Waals surface area contributed by atoms with Crippen molar-refractivity contribution in [1.29, 1.82) is 0 Å². The van der Waals surface area contributed by atoms with E-state index in [9.17, 15) is 9.59 Å². The summed E-state index contributed by atoms with van der Waals surface area (Å²) >= 11 is 0. The van der Waals surface area contributed by atoms with Gasteiger partial charge in [0.1, 0.15) is 5.75 Å². The predicted molar refractivity (Wildman–Crippen MR) is 96.6 cm³/mol. The van der Waals surface area contributed by atoms with Crippen LogP contribution in [0.2, 0.25) is 0 Å². The van der Waals surface area contributed by atoms with Gasteiger partial charge in [-0.3, -0.25) is 4.79 Å². The number of nitrogens with zero attached hydrogens (tertiary/aromatic N) is 1. The number of rotatable bonds is 5. The lowest BCUT2D eigenvalue weighted by molar-refractivity contribution is -0.141. The molecule has 2 N–H and O–H groups in total. The van der Waals surface area contributed by atoms with Crippen molar-refractivity contribution in [1.82, 2.24) is 4.90 Å². The van der Waals surface area contributed by atoms with Crippen molar-refractivity contribution in [2.24, 2.45) is 11.8 Å². The number of amides is 2. The zero-order valence-electron chi connectivity index (χ0n) is 15.1. The molecule has 0 aromatic heterocycles. The van der Waals surface area contributed by atoms with Crippen LogP contribution in [-0.4, -0.2) is 54.9 Å². The number of benzene rings is 1. The van der Waals surface area contributed by atoms with Crippen molar-refractivity contribution >= 4 is 17.7 Å².